The minimum atomic E-state index is -1.28. The van der Waals surface area contributed by atoms with Gasteiger partial charge in [-0.15, -0.1) is 0 Å². The zero-order valence-electron chi connectivity index (χ0n) is 11.7. The van der Waals surface area contributed by atoms with Gasteiger partial charge in [0.05, 0.1) is 12.2 Å². The van der Waals surface area contributed by atoms with Crippen molar-refractivity contribution in [3.05, 3.63) is 59.7 Å². The van der Waals surface area contributed by atoms with Crippen LogP contribution in [-0.4, -0.2) is 22.2 Å². The van der Waals surface area contributed by atoms with Gasteiger partial charge in [-0.05, 0) is 18.2 Å². The van der Waals surface area contributed by atoms with Crippen molar-refractivity contribution >= 4 is 29.3 Å². The molecule has 2 aromatic carbocycles. The molecule has 1 atom stereocenters. The highest BCUT2D eigenvalue weighted by Crippen LogP contribution is 2.40. The van der Waals surface area contributed by atoms with E-state index in [0.29, 0.717) is 10.6 Å². The van der Waals surface area contributed by atoms with Crippen LogP contribution in [0.15, 0.2) is 47.4 Å². The average Bonchev–Trinajstić information content (AvgIpc) is 2.51. The Kier molecular flexibility index (Phi) is 4.04. The van der Waals surface area contributed by atoms with Gasteiger partial charge in [0.15, 0.2) is 5.25 Å². The Morgan fingerprint density at radius 2 is 1.96 bits per heavy atom. The lowest BCUT2D eigenvalue weighted by Gasteiger charge is -2.32. The molecule has 1 heterocycles. The number of benzene rings is 2. The van der Waals surface area contributed by atoms with Gasteiger partial charge in [0.25, 0.3) is 5.91 Å². The topological polar surface area (TPSA) is 57.6 Å². The lowest BCUT2D eigenvalue weighted by molar-refractivity contribution is -0.139. The van der Waals surface area contributed by atoms with Crippen molar-refractivity contribution in [1.82, 2.24) is 0 Å². The third-order valence-electron chi connectivity index (χ3n) is 3.46. The average molecular weight is 335 g/mol. The second-order valence-corrected chi connectivity index (χ2v) is 6.11. The first-order chi connectivity index (χ1) is 11.0. The van der Waals surface area contributed by atoms with Crippen LogP contribution < -0.4 is 4.90 Å². The maximum absolute atomic E-state index is 13.9. The predicted octanol–water partition coefficient (Wildman–Crippen LogP) is 3.06. The number of aliphatic carboxylic acids is 1. The molecule has 1 amide bonds. The van der Waals surface area contributed by atoms with Crippen molar-refractivity contribution in [2.24, 2.45) is 0 Å². The summed E-state index contributed by atoms with van der Waals surface area (Å²) >= 11 is 0.950. The van der Waals surface area contributed by atoms with E-state index in [9.17, 15) is 23.5 Å². The Morgan fingerprint density at radius 3 is 2.65 bits per heavy atom. The van der Waals surface area contributed by atoms with Crippen molar-refractivity contribution in [1.29, 1.82) is 0 Å². The van der Waals surface area contributed by atoms with E-state index in [1.54, 1.807) is 24.3 Å². The number of carbonyl (C=O) groups is 2. The number of thioether (sulfide) groups is 1. The van der Waals surface area contributed by atoms with Gasteiger partial charge in [0.2, 0.25) is 0 Å². The van der Waals surface area contributed by atoms with Gasteiger partial charge in [-0.2, -0.15) is 0 Å². The monoisotopic (exact) mass is 335 g/mol. The van der Waals surface area contributed by atoms with Gasteiger partial charge < -0.3 is 10.0 Å². The van der Waals surface area contributed by atoms with E-state index in [4.69, 9.17) is 0 Å². The number of hydrogen-bond donors (Lipinski definition) is 1. The van der Waals surface area contributed by atoms with Crippen LogP contribution in [0.1, 0.15) is 5.56 Å². The predicted molar refractivity (Wildman–Crippen MR) is 81.3 cm³/mol. The summed E-state index contributed by atoms with van der Waals surface area (Å²) in [5, 5.41) is 7.93. The van der Waals surface area contributed by atoms with E-state index < -0.39 is 28.8 Å². The van der Waals surface area contributed by atoms with Gasteiger partial charge in [-0.1, -0.05) is 30.0 Å². The second kappa shape index (κ2) is 6.00. The van der Waals surface area contributed by atoms with E-state index in [-0.39, 0.29) is 12.1 Å². The first-order valence-electron chi connectivity index (χ1n) is 6.71. The summed E-state index contributed by atoms with van der Waals surface area (Å²) in [6.07, 6.45) is 0. The molecule has 0 fully saturated rings. The zero-order valence-corrected chi connectivity index (χ0v) is 12.5. The molecule has 0 bridgehead atoms. The molecule has 2 aromatic rings. The highest BCUT2D eigenvalue weighted by Gasteiger charge is 2.38. The largest absolute Gasteiger partial charge is 0.480 e. The van der Waals surface area contributed by atoms with Crippen LogP contribution in [0.5, 0.6) is 0 Å². The number of rotatable bonds is 3. The summed E-state index contributed by atoms with van der Waals surface area (Å²) in [7, 11) is 0. The number of anilines is 1. The molecule has 4 nitrogen and oxygen atoms in total. The molecule has 1 unspecified atom stereocenters. The second-order valence-electron chi connectivity index (χ2n) is 4.96. The summed E-state index contributed by atoms with van der Waals surface area (Å²) < 4.78 is 26.9. The van der Waals surface area contributed by atoms with Crippen LogP contribution in [0.25, 0.3) is 0 Å². The highest BCUT2D eigenvalue weighted by atomic mass is 32.2. The fourth-order valence-electron chi connectivity index (χ4n) is 2.36. The maximum Gasteiger partial charge on any atom is 0.326 e. The Morgan fingerprint density at radius 1 is 1.22 bits per heavy atom. The van der Waals surface area contributed by atoms with Gasteiger partial charge >= 0.3 is 5.97 Å². The standard InChI is InChI=1S/C16H11F2NO3S/c17-10-6-5-9(11(18)7-10)8-19-12-3-1-2-4-13(12)23-14(15(19)20)16(21)22/h1-7,14H,8H2,(H,21,22). The van der Waals surface area contributed by atoms with E-state index in [2.05, 4.69) is 0 Å². The van der Waals surface area contributed by atoms with E-state index in [0.717, 1.165) is 23.9 Å². The lowest BCUT2D eigenvalue weighted by Crippen LogP contribution is -2.44. The number of fused-ring (bicyclic) bond motifs is 1. The minimum Gasteiger partial charge on any atom is -0.480 e. The molecule has 118 valence electrons. The third kappa shape index (κ3) is 2.92. The van der Waals surface area contributed by atoms with E-state index in [1.807, 2.05) is 0 Å². The highest BCUT2D eigenvalue weighted by molar-refractivity contribution is 8.01. The van der Waals surface area contributed by atoms with Crippen LogP contribution in [0.3, 0.4) is 0 Å². The normalized spacial score (nSPS) is 17.0. The summed E-state index contributed by atoms with van der Waals surface area (Å²) in [6.45, 7) is -0.160. The number of para-hydroxylation sites is 1. The van der Waals surface area contributed by atoms with Crippen molar-refractivity contribution in [3.63, 3.8) is 0 Å². The number of carboxylic acid groups (broad SMARTS) is 1. The molecule has 23 heavy (non-hydrogen) atoms. The fourth-order valence-corrected chi connectivity index (χ4v) is 3.40. The smallest absolute Gasteiger partial charge is 0.326 e. The first-order valence-corrected chi connectivity index (χ1v) is 7.59. The fraction of sp³-hybridized carbons (Fsp3) is 0.125. The van der Waals surface area contributed by atoms with Crippen molar-refractivity contribution in [2.75, 3.05) is 4.90 Å². The zero-order chi connectivity index (χ0) is 16.6. The Balaban J connectivity index is 2.01. The van der Waals surface area contributed by atoms with Crippen molar-refractivity contribution < 1.29 is 23.5 Å². The summed E-state index contributed by atoms with van der Waals surface area (Å²) in [4.78, 5) is 25.6. The minimum absolute atomic E-state index is 0.116. The molecule has 0 saturated carbocycles. The molecule has 3 rings (SSSR count). The van der Waals surface area contributed by atoms with Crippen molar-refractivity contribution in [2.45, 2.75) is 16.7 Å². The van der Waals surface area contributed by atoms with Gasteiger partial charge in [0.1, 0.15) is 11.6 Å². The van der Waals surface area contributed by atoms with Crippen LogP contribution >= 0.6 is 11.8 Å². The first kappa shape index (κ1) is 15.5. The number of carbonyl (C=O) groups excluding carboxylic acids is 1. The molecule has 1 N–H and O–H groups in total. The lowest BCUT2D eigenvalue weighted by atomic mass is 10.1. The molecule has 0 saturated heterocycles. The summed E-state index contributed by atoms with van der Waals surface area (Å²) in [6, 6.07) is 9.90. The van der Waals surface area contributed by atoms with Crippen LogP contribution in [0.4, 0.5) is 14.5 Å². The number of carboxylic acids is 1. The maximum atomic E-state index is 13.9. The molecule has 1 aliphatic heterocycles. The molecule has 0 radical (unpaired) electrons. The molecule has 0 aromatic heterocycles. The molecular weight excluding hydrogens is 324 g/mol. The SMILES string of the molecule is O=C(O)C1Sc2ccccc2N(Cc2ccc(F)cc2F)C1=O. The number of nitrogens with zero attached hydrogens (tertiary/aromatic N) is 1. The van der Waals surface area contributed by atoms with E-state index >= 15 is 0 Å². The van der Waals surface area contributed by atoms with Gasteiger partial charge in [-0.25, -0.2) is 8.78 Å². The molecule has 1 aliphatic rings. The molecule has 0 spiro atoms. The van der Waals surface area contributed by atoms with Gasteiger partial charge in [0, 0.05) is 16.5 Å². The molecule has 7 heteroatoms. The van der Waals surface area contributed by atoms with Gasteiger partial charge in [-0.3, -0.25) is 9.59 Å². The summed E-state index contributed by atoms with van der Waals surface area (Å²) in [5.41, 5.74) is 0.634. The summed E-state index contributed by atoms with van der Waals surface area (Å²) in [5.74, 6) is -3.38. The van der Waals surface area contributed by atoms with Crippen LogP contribution in [0.2, 0.25) is 0 Å². The molecule has 0 aliphatic carbocycles. The Hall–Kier alpha value is -2.41. The Bertz CT molecular complexity index is 797. The third-order valence-corrected chi connectivity index (χ3v) is 4.70. The number of hydrogen-bond acceptors (Lipinski definition) is 3. The Labute approximate surface area is 134 Å². The number of amides is 1. The quantitative estimate of drug-likeness (QED) is 0.876. The molecular formula is C16H11F2NO3S. The van der Waals surface area contributed by atoms with Crippen molar-refractivity contribution in [3.8, 4) is 0 Å². The van der Waals surface area contributed by atoms with Crippen LogP contribution in [-0.2, 0) is 16.1 Å². The van der Waals surface area contributed by atoms with E-state index in [1.165, 1.54) is 11.0 Å². The van der Waals surface area contributed by atoms with Crippen LogP contribution in [0, 0.1) is 11.6 Å². The number of halogens is 2.